The Bertz CT molecular complexity index is 438. The van der Waals surface area contributed by atoms with Crippen LogP contribution >= 0.6 is 0 Å². The van der Waals surface area contributed by atoms with Crippen LogP contribution in [0.3, 0.4) is 0 Å². The molecule has 0 heterocycles. The summed E-state index contributed by atoms with van der Waals surface area (Å²) in [4.78, 5) is 24.2. The van der Waals surface area contributed by atoms with Gasteiger partial charge in [0.15, 0.2) is 0 Å². The highest BCUT2D eigenvalue weighted by Crippen LogP contribution is 2.12. The first kappa shape index (κ1) is 16.0. The lowest BCUT2D eigenvalue weighted by molar-refractivity contribution is -0.131. The summed E-state index contributed by atoms with van der Waals surface area (Å²) in [5.74, 6) is -0.202. The lowest BCUT2D eigenvalue weighted by Crippen LogP contribution is -2.30. The van der Waals surface area contributed by atoms with Gasteiger partial charge in [0, 0.05) is 19.5 Å². The van der Waals surface area contributed by atoms with Crippen molar-refractivity contribution in [3.05, 3.63) is 29.8 Å². The number of carbonyl (C=O) groups is 2. The molecule has 0 atom stereocenters. The number of rotatable bonds is 8. The molecular weight excluding hydrogens is 258 g/mol. The van der Waals surface area contributed by atoms with Crippen LogP contribution in [-0.2, 0) is 4.79 Å². The lowest BCUT2D eigenvalue weighted by Gasteiger charge is -2.18. The van der Waals surface area contributed by atoms with Crippen LogP contribution in [0.2, 0.25) is 0 Å². The van der Waals surface area contributed by atoms with E-state index in [9.17, 15) is 9.59 Å². The minimum atomic E-state index is -0.957. The third-order valence-corrected chi connectivity index (χ3v) is 3.02. The van der Waals surface area contributed by atoms with E-state index in [0.29, 0.717) is 25.2 Å². The van der Waals surface area contributed by atoms with Gasteiger partial charge in [-0.1, -0.05) is 0 Å². The molecule has 0 radical (unpaired) electrons. The fourth-order valence-electron chi connectivity index (χ4n) is 1.84. The van der Waals surface area contributed by atoms with Crippen LogP contribution < -0.4 is 4.74 Å². The quantitative estimate of drug-likeness (QED) is 0.742. The van der Waals surface area contributed by atoms with Crippen LogP contribution in [0.1, 0.15) is 37.0 Å². The Labute approximate surface area is 119 Å². The summed E-state index contributed by atoms with van der Waals surface area (Å²) in [5, 5.41) is 8.77. The number of carbonyl (C=O) groups excluding carboxylic acids is 1. The number of benzene rings is 1. The van der Waals surface area contributed by atoms with Crippen molar-refractivity contribution in [3.63, 3.8) is 0 Å². The maximum atomic E-state index is 11.7. The highest BCUT2D eigenvalue weighted by atomic mass is 16.5. The third-order valence-electron chi connectivity index (χ3n) is 3.02. The molecule has 1 rings (SSSR count). The molecule has 5 nitrogen and oxygen atoms in total. The van der Waals surface area contributed by atoms with Crippen molar-refractivity contribution < 1.29 is 19.4 Å². The van der Waals surface area contributed by atoms with Gasteiger partial charge in [0.2, 0.25) is 5.91 Å². The van der Waals surface area contributed by atoms with Crippen LogP contribution in [0.25, 0.3) is 0 Å². The van der Waals surface area contributed by atoms with Crippen LogP contribution in [-0.4, -0.2) is 41.6 Å². The first-order valence-electron chi connectivity index (χ1n) is 6.82. The van der Waals surface area contributed by atoms with Crippen molar-refractivity contribution in [1.29, 1.82) is 0 Å². The minimum Gasteiger partial charge on any atom is -0.494 e. The number of nitrogens with zero attached hydrogens (tertiary/aromatic N) is 1. The zero-order valence-corrected chi connectivity index (χ0v) is 12.0. The normalized spacial score (nSPS) is 10.1. The molecule has 0 saturated carbocycles. The molecule has 20 heavy (non-hydrogen) atoms. The lowest BCUT2D eigenvalue weighted by atomic mass is 10.2. The second-order valence-electron chi connectivity index (χ2n) is 4.35. The van der Waals surface area contributed by atoms with Crippen molar-refractivity contribution in [1.82, 2.24) is 4.90 Å². The summed E-state index contributed by atoms with van der Waals surface area (Å²) in [5.41, 5.74) is 0.231. The second-order valence-corrected chi connectivity index (χ2v) is 4.35. The van der Waals surface area contributed by atoms with Crippen LogP contribution in [0.15, 0.2) is 24.3 Å². The molecule has 0 bridgehead atoms. The predicted octanol–water partition coefficient (Wildman–Crippen LogP) is 2.41. The van der Waals surface area contributed by atoms with Crippen molar-refractivity contribution in [2.45, 2.75) is 26.7 Å². The zero-order valence-electron chi connectivity index (χ0n) is 12.0. The van der Waals surface area contributed by atoms with Gasteiger partial charge < -0.3 is 14.7 Å². The van der Waals surface area contributed by atoms with Crippen LogP contribution in [0, 0.1) is 0 Å². The fourth-order valence-corrected chi connectivity index (χ4v) is 1.84. The van der Waals surface area contributed by atoms with Gasteiger partial charge in [0.1, 0.15) is 5.75 Å². The summed E-state index contributed by atoms with van der Waals surface area (Å²) in [7, 11) is 0. The Hall–Kier alpha value is -2.04. The van der Waals surface area contributed by atoms with E-state index in [4.69, 9.17) is 9.84 Å². The number of carboxylic acid groups (broad SMARTS) is 1. The van der Waals surface area contributed by atoms with Gasteiger partial charge in [0.25, 0.3) is 0 Å². The molecule has 0 unspecified atom stereocenters. The van der Waals surface area contributed by atoms with Gasteiger partial charge in [-0.15, -0.1) is 0 Å². The van der Waals surface area contributed by atoms with Gasteiger partial charge in [-0.3, -0.25) is 4.79 Å². The molecule has 0 aromatic heterocycles. The van der Waals surface area contributed by atoms with Crippen LogP contribution in [0.5, 0.6) is 5.75 Å². The Morgan fingerprint density at radius 3 is 2.25 bits per heavy atom. The zero-order chi connectivity index (χ0) is 15.0. The van der Waals surface area contributed by atoms with Gasteiger partial charge >= 0.3 is 5.97 Å². The molecule has 1 aromatic rings. The van der Waals surface area contributed by atoms with Crippen molar-refractivity contribution in [3.8, 4) is 5.75 Å². The molecule has 1 N–H and O–H groups in total. The van der Waals surface area contributed by atoms with E-state index in [0.717, 1.165) is 13.1 Å². The molecular formula is C15H21NO4. The molecule has 0 aliphatic heterocycles. The Morgan fingerprint density at radius 2 is 1.75 bits per heavy atom. The minimum absolute atomic E-state index is 0.139. The molecule has 0 fully saturated rings. The average molecular weight is 279 g/mol. The fraction of sp³-hybridized carbons (Fsp3) is 0.467. The van der Waals surface area contributed by atoms with Crippen molar-refractivity contribution in [2.24, 2.45) is 0 Å². The molecule has 110 valence electrons. The number of amides is 1. The average Bonchev–Trinajstić information content (AvgIpc) is 2.45. The maximum absolute atomic E-state index is 11.7. The first-order chi connectivity index (χ1) is 9.58. The van der Waals surface area contributed by atoms with Gasteiger partial charge in [-0.25, -0.2) is 4.79 Å². The topological polar surface area (TPSA) is 66.8 Å². The number of hydrogen-bond acceptors (Lipinski definition) is 3. The number of hydrogen-bond donors (Lipinski definition) is 1. The number of ether oxygens (including phenoxy) is 1. The van der Waals surface area contributed by atoms with Crippen LogP contribution in [0.4, 0.5) is 0 Å². The summed E-state index contributed by atoms with van der Waals surface area (Å²) in [6, 6.07) is 6.24. The highest BCUT2D eigenvalue weighted by molar-refractivity contribution is 5.87. The third kappa shape index (κ3) is 4.91. The van der Waals surface area contributed by atoms with Gasteiger partial charge in [0.05, 0.1) is 12.2 Å². The second kappa shape index (κ2) is 8.19. The summed E-state index contributed by atoms with van der Waals surface area (Å²) in [6.45, 7) is 5.82. The molecule has 0 saturated heterocycles. The van der Waals surface area contributed by atoms with E-state index in [2.05, 4.69) is 0 Å². The summed E-state index contributed by atoms with van der Waals surface area (Å²) < 4.78 is 5.47. The smallest absolute Gasteiger partial charge is 0.335 e. The highest BCUT2D eigenvalue weighted by Gasteiger charge is 2.08. The SMILES string of the molecule is CCN(CC)C(=O)CCCOc1ccc(C(=O)O)cc1. The Balaban J connectivity index is 2.30. The Morgan fingerprint density at radius 1 is 1.15 bits per heavy atom. The van der Waals surface area contributed by atoms with Crippen molar-refractivity contribution in [2.75, 3.05) is 19.7 Å². The summed E-state index contributed by atoms with van der Waals surface area (Å²) in [6.07, 6.45) is 1.12. The van der Waals surface area contributed by atoms with E-state index in [1.165, 1.54) is 12.1 Å². The van der Waals surface area contributed by atoms with Gasteiger partial charge in [-0.05, 0) is 44.5 Å². The largest absolute Gasteiger partial charge is 0.494 e. The van der Waals surface area contributed by atoms with Gasteiger partial charge in [-0.2, -0.15) is 0 Å². The number of aromatic carboxylic acids is 1. The standard InChI is InChI=1S/C15H21NO4/c1-3-16(4-2)14(17)6-5-11-20-13-9-7-12(8-10-13)15(18)19/h7-10H,3-6,11H2,1-2H3,(H,18,19). The van der Waals surface area contributed by atoms with E-state index in [1.54, 1.807) is 17.0 Å². The molecule has 5 heteroatoms. The van der Waals surface area contributed by atoms with E-state index >= 15 is 0 Å². The molecule has 1 aromatic carbocycles. The van der Waals surface area contributed by atoms with E-state index in [-0.39, 0.29) is 11.5 Å². The monoisotopic (exact) mass is 279 g/mol. The maximum Gasteiger partial charge on any atom is 0.335 e. The number of carboxylic acids is 1. The predicted molar refractivity (Wildman–Crippen MR) is 76.1 cm³/mol. The molecule has 1 amide bonds. The van der Waals surface area contributed by atoms with E-state index in [1.807, 2.05) is 13.8 Å². The first-order valence-corrected chi connectivity index (χ1v) is 6.82. The van der Waals surface area contributed by atoms with E-state index < -0.39 is 5.97 Å². The molecule has 0 aliphatic carbocycles. The Kier molecular flexibility index (Phi) is 6.56. The summed E-state index contributed by atoms with van der Waals surface area (Å²) >= 11 is 0. The molecule has 0 aliphatic rings. The van der Waals surface area contributed by atoms with Crippen molar-refractivity contribution >= 4 is 11.9 Å². The molecule has 0 spiro atoms.